The molecule has 1 heterocycles. The average Bonchev–Trinajstić information content (AvgIpc) is 2.40. The third-order valence-corrected chi connectivity index (χ3v) is 2.73. The first-order chi connectivity index (χ1) is 9.12. The van der Waals surface area contributed by atoms with E-state index in [0.717, 1.165) is 30.0 Å². The third kappa shape index (κ3) is 4.67. The lowest BCUT2D eigenvalue weighted by Gasteiger charge is -2.17. The molecule has 1 rings (SSSR count). The molecular weight excluding hydrogens is 242 g/mol. The number of hydrogen-bond donors (Lipinski definition) is 1. The number of anilines is 1. The summed E-state index contributed by atoms with van der Waals surface area (Å²) in [5, 5.41) is 3.09. The topological polar surface area (TPSA) is 56.3 Å². The summed E-state index contributed by atoms with van der Waals surface area (Å²) in [6, 6.07) is 0. The largest absolute Gasteiger partial charge is 0.472 e. The molecule has 0 radical (unpaired) electrons. The lowest BCUT2D eigenvalue weighted by molar-refractivity contribution is 0.0628. The first kappa shape index (κ1) is 15.7. The molecule has 0 aliphatic rings. The molecule has 0 fully saturated rings. The van der Waals surface area contributed by atoms with Crippen LogP contribution in [-0.4, -0.2) is 36.3 Å². The highest BCUT2D eigenvalue weighted by molar-refractivity contribution is 5.48. The van der Waals surface area contributed by atoms with Gasteiger partial charge in [0.2, 0.25) is 5.88 Å². The Morgan fingerprint density at radius 2 is 2.00 bits per heavy atom. The molecule has 0 bridgehead atoms. The predicted molar refractivity (Wildman–Crippen MR) is 76.9 cm³/mol. The van der Waals surface area contributed by atoms with Crippen LogP contribution in [-0.2, 0) is 11.2 Å². The number of hydrogen-bond acceptors (Lipinski definition) is 5. The summed E-state index contributed by atoms with van der Waals surface area (Å²) in [5.74, 6) is 2.29. The summed E-state index contributed by atoms with van der Waals surface area (Å²) in [5.41, 5.74) is 0.936. The fourth-order valence-electron chi connectivity index (χ4n) is 1.74. The highest BCUT2D eigenvalue weighted by atomic mass is 16.5. The number of rotatable bonds is 8. The van der Waals surface area contributed by atoms with Gasteiger partial charge in [-0.3, -0.25) is 0 Å². The van der Waals surface area contributed by atoms with E-state index in [1.54, 1.807) is 0 Å². The van der Waals surface area contributed by atoms with Gasteiger partial charge in [0.15, 0.2) is 0 Å². The summed E-state index contributed by atoms with van der Waals surface area (Å²) in [6.07, 6.45) is 1.85. The number of aryl methyl sites for hydroxylation is 1. The van der Waals surface area contributed by atoms with Gasteiger partial charge in [-0.2, -0.15) is 4.98 Å². The second kappa shape index (κ2) is 7.94. The first-order valence-corrected chi connectivity index (χ1v) is 6.91. The summed E-state index contributed by atoms with van der Waals surface area (Å²) >= 11 is 0. The second-order valence-corrected chi connectivity index (χ2v) is 4.51. The lowest BCUT2D eigenvalue weighted by Crippen LogP contribution is -2.21. The van der Waals surface area contributed by atoms with Crippen LogP contribution >= 0.6 is 0 Å². The van der Waals surface area contributed by atoms with Crippen LogP contribution in [0, 0.1) is 6.92 Å². The van der Waals surface area contributed by atoms with Gasteiger partial charge in [-0.1, -0.05) is 6.92 Å². The molecule has 0 aliphatic carbocycles. The Morgan fingerprint density at radius 3 is 2.58 bits per heavy atom. The molecule has 5 heteroatoms. The minimum atomic E-state index is -0.0206. The second-order valence-electron chi connectivity index (χ2n) is 4.51. The minimum absolute atomic E-state index is 0.0206. The molecular formula is C14H25N3O2. The van der Waals surface area contributed by atoms with Crippen molar-refractivity contribution < 1.29 is 9.47 Å². The Bertz CT molecular complexity index is 397. The number of aromatic nitrogens is 2. The van der Waals surface area contributed by atoms with Crippen LogP contribution in [0.2, 0.25) is 0 Å². The zero-order valence-electron chi connectivity index (χ0n) is 12.6. The van der Waals surface area contributed by atoms with Crippen LogP contribution in [0.1, 0.15) is 38.6 Å². The summed E-state index contributed by atoms with van der Waals surface area (Å²) < 4.78 is 11.2. The van der Waals surface area contributed by atoms with Crippen LogP contribution in [0.3, 0.4) is 0 Å². The molecule has 1 unspecified atom stereocenters. The van der Waals surface area contributed by atoms with Crippen LogP contribution in [0.25, 0.3) is 0 Å². The van der Waals surface area contributed by atoms with Gasteiger partial charge in [0.25, 0.3) is 0 Å². The molecule has 0 aromatic carbocycles. The number of ether oxygens (including phenoxy) is 2. The van der Waals surface area contributed by atoms with Gasteiger partial charge in [0, 0.05) is 20.1 Å². The van der Waals surface area contributed by atoms with Crippen molar-refractivity contribution in [3.05, 3.63) is 11.4 Å². The summed E-state index contributed by atoms with van der Waals surface area (Å²) in [6.45, 7) is 9.29. The van der Waals surface area contributed by atoms with Crippen molar-refractivity contribution in [2.24, 2.45) is 0 Å². The van der Waals surface area contributed by atoms with Crippen molar-refractivity contribution in [1.82, 2.24) is 9.97 Å². The van der Waals surface area contributed by atoms with Crippen molar-refractivity contribution in [3.8, 4) is 5.88 Å². The van der Waals surface area contributed by atoms with E-state index in [1.165, 1.54) is 0 Å². The maximum absolute atomic E-state index is 5.86. The summed E-state index contributed by atoms with van der Waals surface area (Å²) in [4.78, 5) is 8.97. The predicted octanol–water partition coefficient (Wildman–Crippen LogP) is 2.58. The van der Waals surface area contributed by atoms with E-state index in [9.17, 15) is 0 Å². The first-order valence-electron chi connectivity index (χ1n) is 6.91. The van der Waals surface area contributed by atoms with Crippen LogP contribution in [0.5, 0.6) is 5.88 Å². The Balaban J connectivity index is 2.88. The van der Waals surface area contributed by atoms with Gasteiger partial charge in [0.1, 0.15) is 17.7 Å². The molecule has 1 aromatic rings. The highest BCUT2D eigenvalue weighted by Gasteiger charge is 2.13. The van der Waals surface area contributed by atoms with Gasteiger partial charge < -0.3 is 14.8 Å². The molecule has 1 atom stereocenters. The van der Waals surface area contributed by atoms with E-state index in [4.69, 9.17) is 9.47 Å². The molecule has 0 spiro atoms. The van der Waals surface area contributed by atoms with Crippen LogP contribution in [0.15, 0.2) is 0 Å². The average molecular weight is 267 g/mol. The standard InChI is InChI=1S/C14H25N3O2/c1-6-8-12-16-13(15-5)11(4)14(17-12)19-10(3)9-18-7-2/h10H,6-9H2,1-5H3,(H,15,16,17). The molecule has 1 aromatic heterocycles. The van der Waals surface area contributed by atoms with Gasteiger partial charge in [-0.25, -0.2) is 4.98 Å². The highest BCUT2D eigenvalue weighted by Crippen LogP contribution is 2.23. The smallest absolute Gasteiger partial charge is 0.222 e. The fraction of sp³-hybridized carbons (Fsp3) is 0.714. The normalized spacial score (nSPS) is 12.3. The Hall–Kier alpha value is -1.36. The SMILES string of the molecule is CCCc1nc(NC)c(C)c(OC(C)COCC)n1. The molecule has 108 valence electrons. The Morgan fingerprint density at radius 1 is 1.26 bits per heavy atom. The van der Waals surface area contributed by atoms with E-state index in [0.29, 0.717) is 19.1 Å². The molecule has 19 heavy (non-hydrogen) atoms. The molecule has 5 nitrogen and oxygen atoms in total. The number of nitrogens with one attached hydrogen (secondary N) is 1. The van der Waals surface area contributed by atoms with Gasteiger partial charge in [0.05, 0.1) is 12.2 Å². The van der Waals surface area contributed by atoms with E-state index in [1.807, 2.05) is 27.8 Å². The van der Waals surface area contributed by atoms with Crippen LogP contribution in [0.4, 0.5) is 5.82 Å². The maximum atomic E-state index is 5.86. The molecule has 0 saturated heterocycles. The van der Waals surface area contributed by atoms with Crippen molar-refractivity contribution in [2.45, 2.75) is 46.6 Å². The van der Waals surface area contributed by atoms with Crippen molar-refractivity contribution in [2.75, 3.05) is 25.6 Å². The van der Waals surface area contributed by atoms with Gasteiger partial charge >= 0.3 is 0 Å². The zero-order chi connectivity index (χ0) is 14.3. The van der Waals surface area contributed by atoms with E-state index < -0.39 is 0 Å². The lowest BCUT2D eigenvalue weighted by atomic mass is 10.2. The van der Waals surface area contributed by atoms with E-state index in [-0.39, 0.29) is 6.10 Å². The van der Waals surface area contributed by atoms with Crippen molar-refractivity contribution >= 4 is 5.82 Å². The minimum Gasteiger partial charge on any atom is -0.472 e. The molecule has 0 amide bonds. The van der Waals surface area contributed by atoms with E-state index in [2.05, 4.69) is 22.2 Å². The Kier molecular flexibility index (Phi) is 6.56. The molecule has 0 aliphatic heterocycles. The fourth-order valence-corrected chi connectivity index (χ4v) is 1.74. The summed E-state index contributed by atoms with van der Waals surface area (Å²) in [7, 11) is 1.86. The zero-order valence-corrected chi connectivity index (χ0v) is 12.6. The van der Waals surface area contributed by atoms with Gasteiger partial charge in [-0.05, 0) is 27.2 Å². The molecule has 1 N–H and O–H groups in total. The van der Waals surface area contributed by atoms with Crippen molar-refractivity contribution in [3.63, 3.8) is 0 Å². The van der Waals surface area contributed by atoms with Crippen LogP contribution < -0.4 is 10.1 Å². The third-order valence-electron chi connectivity index (χ3n) is 2.73. The maximum Gasteiger partial charge on any atom is 0.222 e. The number of nitrogens with zero attached hydrogens (tertiary/aromatic N) is 2. The quantitative estimate of drug-likeness (QED) is 0.784. The Labute approximate surface area is 115 Å². The van der Waals surface area contributed by atoms with Gasteiger partial charge in [-0.15, -0.1) is 0 Å². The van der Waals surface area contributed by atoms with E-state index >= 15 is 0 Å². The van der Waals surface area contributed by atoms with Crippen molar-refractivity contribution in [1.29, 1.82) is 0 Å². The molecule has 0 saturated carbocycles. The monoisotopic (exact) mass is 267 g/mol.